The average Bonchev–Trinajstić information content (AvgIpc) is 3.29. The first-order valence-corrected chi connectivity index (χ1v) is 28.9. The van der Waals surface area contributed by atoms with E-state index in [0.29, 0.717) is 25.9 Å². The van der Waals surface area contributed by atoms with Gasteiger partial charge in [-0.3, -0.25) is 9.59 Å². The minimum Gasteiger partial charge on any atom is -0.466 e. The first kappa shape index (κ1) is 62.6. The Kier molecular flexibility index (Phi) is 53.0. The average molecular weight is 905 g/mol. The highest BCUT2D eigenvalue weighted by Gasteiger charge is 2.20. The van der Waals surface area contributed by atoms with Gasteiger partial charge in [0, 0.05) is 12.8 Å². The van der Waals surface area contributed by atoms with Crippen LogP contribution >= 0.6 is 0 Å². The third kappa shape index (κ3) is 50.0. The largest absolute Gasteiger partial charge is 0.466 e. The summed E-state index contributed by atoms with van der Waals surface area (Å²) < 4.78 is 5.48. The highest BCUT2D eigenvalue weighted by atomic mass is 16.5. The molecule has 6 heteroatoms. The lowest BCUT2D eigenvalue weighted by Crippen LogP contribution is -2.45. The second-order valence-electron chi connectivity index (χ2n) is 20.0. The van der Waals surface area contributed by atoms with Gasteiger partial charge in [0.25, 0.3) is 0 Å². The number of hydrogen-bond donors (Lipinski definition) is 3. The van der Waals surface area contributed by atoms with E-state index in [1.165, 1.54) is 238 Å². The number of carbonyl (C=O) groups is 2. The number of ether oxygens (including phenoxy) is 1. The van der Waals surface area contributed by atoms with Gasteiger partial charge in [-0.05, 0) is 51.4 Å². The van der Waals surface area contributed by atoms with Crippen LogP contribution in [0, 0.1) is 0 Å². The van der Waals surface area contributed by atoms with E-state index in [9.17, 15) is 19.8 Å². The molecular weight excluding hydrogens is 791 g/mol. The summed E-state index contributed by atoms with van der Waals surface area (Å²) >= 11 is 0. The predicted octanol–water partition coefficient (Wildman–Crippen LogP) is 17.7. The summed E-state index contributed by atoms with van der Waals surface area (Å²) in [7, 11) is 0. The molecule has 0 saturated carbocycles. The lowest BCUT2D eigenvalue weighted by molar-refractivity contribution is -0.143. The lowest BCUT2D eigenvalue weighted by Gasteiger charge is -2.22. The van der Waals surface area contributed by atoms with Gasteiger partial charge in [-0.1, -0.05) is 270 Å². The molecule has 0 spiro atoms. The second-order valence-corrected chi connectivity index (χ2v) is 20.0. The molecule has 3 N–H and O–H groups in total. The second kappa shape index (κ2) is 54.2. The van der Waals surface area contributed by atoms with Crippen molar-refractivity contribution < 1.29 is 24.5 Å². The Morgan fingerprint density at radius 2 is 0.734 bits per heavy atom. The van der Waals surface area contributed by atoms with Crippen LogP contribution in [0.5, 0.6) is 0 Å². The number of allylic oxidation sites excluding steroid dienone is 2. The first-order valence-electron chi connectivity index (χ1n) is 28.9. The summed E-state index contributed by atoms with van der Waals surface area (Å²) in [6.45, 7) is 4.94. The molecule has 0 aliphatic carbocycles. The highest BCUT2D eigenvalue weighted by molar-refractivity contribution is 5.76. The van der Waals surface area contributed by atoms with Gasteiger partial charge in [-0.2, -0.15) is 0 Å². The number of esters is 1. The summed E-state index contributed by atoms with van der Waals surface area (Å²) in [5.74, 6) is -0.0508. The Hall–Kier alpha value is -1.40. The standard InChI is InChI=1S/C58H113NO5/c1-3-5-7-9-11-13-15-17-19-20-21-22-24-28-32-36-40-44-48-52-58(63)64-53-49-45-41-37-33-29-25-27-31-35-39-43-47-51-57(62)59-55(54-60)56(61)50-46-42-38-34-30-26-23-18-16-14-12-10-8-6-4-2/h17,19,55-56,60-61H,3-16,18,20-54H2,1-2H3,(H,59,62)/b19-17-. The van der Waals surface area contributed by atoms with Gasteiger partial charge in [0.2, 0.25) is 5.91 Å². The fraction of sp³-hybridized carbons (Fsp3) is 0.931. The lowest BCUT2D eigenvalue weighted by atomic mass is 10.0. The predicted molar refractivity (Wildman–Crippen MR) is 278 cm³/mol. The molecule has 0 radical (unpaired) electrons. The van der Waals surface area contributed by atoms with Crippen molar-refractivity contribution in [3.63, 3.8) is 0 Å². The van der Waals surface area contributed by atoms with Crippen LogP contribution in [-0.4, -0.2) is 47.4 Å². The maximum atomic E-state index is 12.5. The van der Waals surface area contributed by atoms with Crippen molar-refractivity contribution in [3.05, 3.63) is 12.2 Å². The van der Waals surface area contributed by atoms with E-state index in [1.807, 2.05) is 0 Å². The number of amides is 1. The molecule has 2 atom stereocenters. The van der Waals surface area contributed by atoms with E-state index in [1.54, 1.807) is 0 Å². The number of nitrogens with one attached hydrogen (secondary N) is 1. The molecule has 0 aliphatic rings. The molecule has 64 heavy (non-hydrogen) atoms. The summed E-state index contributed by atoms with van der Waals surface area (Å²) in [5.41, 5.74) is 0. The highest BCUT2D eigenvalue weighted by Crippen LogP contribution is 2.17. The van der Waals surface area contributed by atoms with Crippen molar-refractivity contribution in [1.29, 1.82) is 0 Å². The van der Waals surface area contributed by atoms with E-state index < -0.39 is 12.1 Å². The van der Waals surface area contributed by atoms with Crippen LogP contribution in [-0.2, 0) is 14.3 Å². The maximum Gasteiger partial charge on any atom is 0.305 e. The Balaban J connectivity index is 3.42. The number of carbonyl (C=O) groups excluding carboxylic acids is 2. The van der Waals surface area contributed by atoms with Gasteiger partial charge < -0.3 is 20.3 Å². The molecule has 0 fully saturated rings. The van der Waals surface area contributed by atoms with Gasteiger partial charge in [-0.15, -0.1) is 0 Å². The number of unbranched alkanes of at least 4 members (excludes halogenated alkanes) is 41. The van der Waals surface area contributed by atoms with Crippen LogP contribution < -0.4 is 5.32 Å². The smallest absolute Gasteiger partial charge is 0.305 e. The van der Waals surface area contributed by atoms with Crippen molar-refractivity contribution in [3.8, 4) is 0 Å². The van der Waals surface area contributed by atoms with Crippen LogP contribution in [0.4, 0.5) is 0 Å². The van der Waals surface area contributed by atoms with Gasteiger partial charge in [0.15, 0.2) is 0 Å². The quantitative estimate of drug-likeness (QED) is 0.0321. The molecule has 0 saturated heterocycles. The van der Waals surface area contributed by atoms with Crippen LogP contribution in [0.15, 0.2) is 12.2 Å². The monoisotopic (exact) mass is 904 g/mol. The zero-order valence-electron chi connectivity index (χ0n) is 43.3. The summed E-state index contributed by atoms with van der Waals surface area (Å²) in [4.78, 5) is 24.6. The molecule has 0 aromatic rings. The van der Waals surface area contributed by atoms with Crippen LogP contribution in [0.3, 0.4) is 0 Å². The van der Waals surface area contributed by atoms with E-state index in [2.05, 4.69) is 31.3 Å². The van der Waals surface area contributed by atoms with Gasteiger partial charge in [0.05, 0.1) is 25.4 Å². The molecule has 0 heterocycles. The molecule has 1 amide bonds. The SMILES string of the molecule is CCCCCCCC/C=C\CCCCCCCCCCCC(=O)OCCCCCCCCCCCCCCCC(=O)NC(CO)C(O)CCCCCCCCCCCCCCCCC. The number of rotatable bonds is 54. The van der Waals surface area contributed by atoms with Crippen molar-refractivity contribution in [2.45, 2.75) is 334 Å². The number of hydrogen-bond acceptors (Lipinski definition) is 5. The third-order valence-electron chi connectivity index (χ3n) is 13.6. The minimum absolute atomic E-state index is 0.00510. The van der Waals surface area contributed by atoms with Crippen molar-refractivity contribution in [1.82, 2.24) is 5.32 Å². The van der Waals surface area contributed by atoms with Crippen molar-refractivity contribution in [2.75, 3.05) is 13.2 Å². The molecule has 0 aromatic heterocycles. The molecule has 0 rings (SSSR count). The summed E-state index contributed by atoms with van der Waals surface area (Å²) in [6, 6.07) is -0.550. The zero-order valence-corrected chi connectivity index (χ0v) is 43.3. The summed E-state index contributed by atoms with van der Waals surface area (Å²) in [6.07, 6.45) is 63.4. The number of aliphatic hydroxyl groups excluding tert-OH is 2. The molecule has 6 nitrogen and oxygen atoms in total. The number of aliphatic hydroxyl groups is 2. The normalized spacial score (nSPS) is 12.6. The molecular formula is C58H113NO5. The van der Waals surface area contributed by atoms with E-state index in [0.717, 1.165) is 51.4 Å². The van der Waals surface area contributed by atoms with Gasteiger partial charge in [0.1, 0.15) is 0 Å². The molecule has 380 valence electrons. The van der Waals surface area contributed by atoms with E-state index in [4.69, 9.17) is 4.74 Å². The van der Waals surface area contributed by atoms with E-state index in [-0.39, 0.29) is 18.5 Å². The van der Waals surface area contributed by atoms with Crippen LogP contribution in [0.1, 0.15) is 322 Å². The third-order valence-corrected chi connectivity index (χ3v) is 13.6. The Morgan fingerprint density at radius 3 is 1.11 bits per heavy atom. The van der Waals surface area contributed by atoms with Crippen LogP contribution in [0.2, 0.25) is 0 Å². The Labute approximate surface area is 399 Å². The molecule has 0 bridgehead atoms. The van der Waals surface area contributed by atoms with Crippen LogP contribution in [0.25, 0.3) is 0 Å². The fourth-order valence-corrected chi connectivity index (χ4v) is 9.11. The Morgan fingerprint density at radius 1 is 0.422 bits per heavy atom. The molecule has 0 aromatic carbocycles. The Bertz CT molecular complexity index is 955. The minimum atomic E-state index is -0.672. The van der Waals surface area contributed by atoms with Crippen molar-refractivity contribution in [2.24, 2.45) is 0 Å². The topological polar surface area (TPSA) is 95.9 Å². The summed E-state index contributed by atoms with van der Waals surface area (Å²) in [5, 5.41) is 23.3. The van der Waals surface area contributed by atoms with Gasteiger partial charge in [-0.25, -0.2) is 0 Å². The van der Waals surface area contributed by atoms with Crippen molar-refractivity contribution >= 4 is 11.9 Å². The zero-order chi connectivity index (χ0) is 46.5. The van der Waals surface area contributed by atoms with Gasteiger partial charge >= 0.3 is 5.97 Å². The molecule has 2 unspecified atom stereocenters. The maximum absolute atomic E-state index is 12.5. The fourth-order valence-electron chi connectivity index (χ4n) is 9.11. The van der Waals surface area contributed by atoms with E-state index >= 15 is 0 Å². The first-order chi connectivity index (χ1) is 31.5. The molecule has 0 aliphatic heterocycles.